The van der Waals surface area contributed by atoms with Gasteiger partial charge in [-0.25, -0.2) is 0 Å². The summed E-state index contributed by atoms with van der Waals surface area (Å²) >= 11 is 2.00. The van der Waals surface area contributed by atoms with Gasteiger partial charge < -0.3 is 0 Å². The Labute approximate surface area is 134 Å². The minimum absolute atomic E-state index is 0.343. The van der Waals surface area contributed by atoms with Crippen LogP contribution in [-0.2, 0) is 5.41 Å². The van der Waals surface area contributed by atoms with E-state index in [0.717, 1.165) is 18.4 Å². The van der Waals surface area contributed by atoms with E-state index in [-0.39, 0.29) is 0 Å². The zero-order valence-electron chi connectivity index (χ0n) is 12.1. The number of piperidine rings is 1. The van der Waals surface area contributed by atoms with Crippen LogP contribution in [0.15, 0.2) is 30.6 Å². The molecule has 3 atom stereocenters. The molecule has 0 N–H and O–H groups in total. The van der Waals surface area contributed by atoms with Crippen LogP contribution >= 0.6 is 11.8 Å². The number of hydrogen-bond acceptors (Lipinski definition) is 5. The van der Waals surface area contributed by atoms with Gasteiger partial charge in [-0.3, -0.25) is 9.88 Å². The number of pyridine rings is 1. The number of hydrogen-bond donors (Lipinski definition) is 0. The van der Waals surface area contributed by atoms with Gasteiger partial charge in [-0.15, -0.1) is 0 Å². The average Bonchev–Trinajstić information content (AvgIpc) is 2.77. The first-order chi connectivity index (χ1) is 10.8. The zero-order valence-corrected chi connectivity index (χ0v) is 13.0. The summed E-state index contributed by atoms with van der Waals surface area (Å²) in [5, 5.41) is 19.0. The second-order valence-electron chi connectivity index (χ2n) is 6.33. The van der Waals surface area contributed by atoms with E-state index in [1.807, 2.05) is 17.8 Å². The summed E-state index contributed by atoms with van der Waals surface area (Å²) in [6.45, 7) is 0. The van der Waals surface area contributed by atoms with Gasteiger partial charge in [0.05, 0.1) is 17.0 Å². The smallest absolute Gasteiger partial charge is 0.101 e. The van der Waals surface area contributed by atoms with Crippen LogP contribution in [0.3, 0.4) is 0 Å². The van der Waals surface area contributed by atoms with Crippen LogP contribution < -0.4 is 0 Å². The molecule has 0 saturated carbocycles. The van der Waals surface area contributed by atoms with Crippen molar-refractivity contribution >= 4 is 11.8 Å². The second-order valence-corrected chi connectivity index (χ2v) is 7.41. The van der Waals surface area contributed by atoms with E-state index in [2.05, 4.69) is 34.2 Å². The summed E-state index contributed by atoms with van der Waals surface area (Å²) in [4.78, 5) is 6.76. The quantitative estimate of drug-likeness (QED) is 0.784. The zero-order chi connectivity index (χ0) is 15.2. The lowest BCUT2D eigenvalue weighted by molar-refractivity contribution is 0.0868. The van der Waals surface area contributed by atoms with Crippen LogP contribution in [0, 0.1) is 22.7 Å². The Balaban J connectivity index is 1.67. The Bertz CT molecular complexity index is 694. The molecule has 1 aromatic rings. The average molecular weight is 308 g/mol. The van der Waals surface area contributed by atoms with Crippen molar-refractivity contribution < 1.29 is 0 Å². The third-order valence-electron chi connectivity index (χ3n) is 5.11. The molecule has 22 heavy (non-hydrogen) atoms. The molecular weight excluding hydrogens is 292 g/mol. The molecule has 5 heteroatoms. The van der Waals surface area contributed by atoms with E-state index >= 15 is 0 Å². The Morgan fingerprint density at radius 1 is 1.18 bits per heavy atom. The monoisotopic (exact) mass is 308 g/mol. The highest BCUT2D eigenvalue weighted by molar-refractivity contribution is 8.00. The molecule has 0 amide bonds. The standard InChI is InChI=1S/C17H16N4S/c18-6-12-3-13(8-20-7-12)17(11-19)4-14-1-2-15(5-17)21(14)16-9-22-10-16/h1-3,7-8,14-16H,4-5,9-10H2/t14-,15+,17?. The van der Waals surface area contributed by atoms with Gasteiger partial charge in [0.1, 0.15) is 6.07 Å². The second kappa shape index (κ2) is 5.12. The lowest BCUT2D eigenvalue weighted by Gasteiger charge is -2.49. The van der Waals surface area contributed by atoms with E-state index in [9.17, 15) is 5.26 Å². The molecule has 4 nitrogen and oxygen atoms in total. The molecule has 0 spiro atoms. The molecule has 3 aliphatic rings. The molecule has 1 unspecified atom stereocenters. The van der Waals surface area contributed by atoms with Crippen LogP contribution in [0.5, 0.6) is 0 Å². The van der Waals surface area contributed by atoms with Crippen molar-refractivity contribution in [2.24, 2.45) is 0 Å². The number of thioether (sulfide) groups is 1. The number of aromatic nitrogens is 1. The molecule has 2 fully saturated rings. The van der Waals surface area contributed by atoms with Crippen molar-refractivity contribution in [2.75, 3.05) is 11.5 Å². The first-order valence-electron chi connectivity index (χ1n) is 7.56. The molecule has 0 radical (unpaired) electrons. The van der Waals surface area contributed by atoms with Gasteiger partial charge in [-0.05, 0) is 24.5 Å². The van der Waals surface area contributed by atoms with E-state index in [1.165, 1.54) is 11.5 Å². The summed E-state index contributed by atoms with van der Waals surface area (Å²) in [5.74, 6) is 2.42. The lowest BCUT2D eigenvalue weighted by Crippen LogP contribution is -2.57. The SMILES string of the molecule is N#Cc1cncc(C2(C#N)C[C@H]3C=C[C@@H](C2)N3C2CSC2)c1. The van der Waals surface area contributed by atoms with Crippen LogP contribution in [0.4, 0.5) is 0 Å². The first-order valence-corrected chi connectivity index (χ1v) is 8.72. The minimum Gasteiger partial charge on any atom is -0.286 e. The molecular formula is C17H16N4S. The molecule has 3 aliphatic heterocycles. The molecule has 110 valence electrons. The van der Waals surface area contributed by atoms with Crippen molar-refractivity contribution in [1.82, 2.24) is 9.88 Å². The van der Waals surface area contributed by atoms with Crippen LogP contribution in [0.1, 0.15) is 24.0 Å². The van der Waals surface area contributed by atoms with Crippen molar-refractivity contribution in [2.45, 2.75) is 36.4 Å². The predicted octanol–water partition coefficient (Wildman–Crippen LogP) is 2.23. The van der Waals surface area contributed by atoms with Crippen LogP contribution in [0.25, 0.3) is 0 Å². The van der Waals surface area contributed by atoms with E-state index < -0.39 is 5.41 Å². The van der Waals surface area contributed by atoms with Crippen LogP contribution in [0.2, 0.25) is 0 Å². The summed E-state index contributed by atoms with van der Waals surface area (Å²) in [5.41, 5.74) is 0.909. The highest BCUT2D eigenvalue weighted by Gasteiger charge is 2.50. The van der Waals surface area contributed by atoms with Gasteiger partial charge in [-0.2, -0.15) is 22.3 Å². The Hall–Kier alpha value is -1.82. The van der Waals surface area contributed by atoms with Crippen LogP contribution in [-0.4, -0.2) is 39.5 Å². The maximum absolute atomic E-state index is 9.91. The molecule has 1 aromatic heterocycles. The maximum atomic E-state index is 9.91. The number of nitrogens with zero attached hydrogens (tertiary/aromatic N) is 4. The Morgan fingerprint density at radius 3 is 2.45 bits per heavy atom. The van der Waals surface area contributed by atoms with Crippen molar-refractivity contribution in [3.05, 3.63) is 41.7 Å². The fourth-order valence-corrected chi connectivity index (χ4v) is 4.73. The lowest BCUT2D eigenvalue weighted by atomic mass is 9.70. The molecule has 4 rings (SSSR count). The highest BCUT2D eigenvalue weighted by Crippen LogP contribution is 2.46. The van der Waals surface area contributed by atoms with Gasteiger partial charge in [0.25, 0.3) is 0 Å². The molecule has 4 heterocycles. The molecule has 0 aliphatic carbocycles. The predicted molar refractivity (Wildman–Crippen MR) is 85.1 cm³/mol. The Morgan fingerprint density at radius 2 is 1.91 bits per heavy atom. The molecule has 0 aromatic carbocycles. The van der Waals surface area contributed by atoms with E-state index in [0.29, 0.717) is 23.7 Å². The number of nitriles is 2. The summed E-state index contributed by atoms with van der Waals surface area (Å²) in [6, 6.07) is 7.88. The summed E-state index contributed by atoms with van der Waals surface area (Å²) in [6.07, 6.45) is 9.46. The van der Waals surface area contributed by atoms with Crippen molar-refractivity contribution in [1.29, 1.82) is 10.5 Å². The third-order valence-corrected chi connectivity index (χ3v) is 6.35. The first kappa shape index (κ1) is 13.8. The van der Waals surface area contributed by atoms with Gasteiger partial charge in [-0.1, -0.05) is 12.2 Å². The van der Waals surface area contributed by atoms with Gasteiger partial charge in [0.2, 0.25) is 0 Å². The maximum Gasteiger partial charge on any atom is 0.101 e. The number of fused-ring (bicyclic) bond motifs is 2. The van der Waals surface area contributed by atoms with Gasteiger partial charge in [0.15, 0.2) is 0 Å². The highest BCUT2D eigenvalue weighted by atomic mass is 32.2. The third kappa shape index (κ3) is 1.97. The molecule has 2 bridgehead atoms. The Kier molecular flexibility index (Phi) is 3.22. The van der Waals surface area contributed by atoms with Gasteiger partial charge in [0, 0.05) is 42.0 Å². The fourth-order valence-electron chi connectivity index (χ4n) is 3.94. The van der Waals surface area contributed by atoms with E-state index in [1.54, 1.807) is 12.4 Å². The summed E-state index contributed by atoms with van der Waals surface area (Å²) < 4.78 is 0. The minimum atomic E-state index is -0.522. The summed E-state index contributed by atoms with van der Waals surface area (Å²) in [7, 11) is 0. The van der Waals surface area contributed by atoms with E-state index in [4.69, 9.17) is 5.26 Å². The fraction of sp³-hybridized carbons (Fsp3) is 0.471. The van der Waals surface area contributed by atoms with Gasteiger partial charge >= 0.3 is 0 Å². The van der Waals surface area contributed by atoms with Crippen molar-refractivity contribution in [3.8, 4) is 12.1 Å². The largest absolute Gasteiger partial charge is 0.286 e. The molecule has 2 saturated heterocycles. The van der Waals surface area contributed by atoms with Crippen molar-refractivity contribution in [3.63, 3.8) is 0 Å². The number of rotatable bonds is 2. The topological polar surface area (TPSA) is 63.7 Å². The normalized spacial score (nSPS) is 33.9.